The lowest BCUT2D eigenvalue weighted by molar-refractivity contribution is -0.152. The van der Waals surface area contributed by atoms with E-state index in [4.69, 9.17) is 14.2 Å². The number of rotatable bonds is 11. The molecule has 0 bridgehead atoms. The molecule has 35 heavy (non-hydrogen) atoms. The van der Waals surface area contributed by atoms with E-state index in [0.29, 0.717) is 5.92 Å². The smallest absolute Gasteiger partial charge is 0.328 e. The number of carbonyl (C=O) groups excluding carboxylic acids is 3. The molecule has 1 N–H and O–H groups in total. The van der Waals surface area contributed by atoms with Gasteiger partial charge in [0, 0.05) is 25.1 Å². The average molecular weight is 485 g/mol. The Bertz CT molecular complexity index is 1030. The number of aryl methyl sites for hydroxylation is 1. The van der Waals surface area contributed by atoms with Gasteiger partial charge in [0.15, 0.2) is 11.4 Å². The number of hydrogen-bond acceptors (Lipinski definition) is 7. The van der Waals surface area contributed by atoms with Crippen molar-refractivity contribution in [3.05, 3.63) is 53.3 Å². The van der Waals surface area contributed by atoms with Crippen molar-refractivity contribution in [2.24, 2.45) is 5.92 Å². The molecule has 0 unspecified atom stereocenters. The van der Waals surface area contributed by atoms with Gasteiger partial charge in [0.2, 0.25) is 5.75 Å². The zero-order chi connectivity index (χ0) is 26.1. The molecule has 190 valence electrons. The second kappa shape index (κ2) is 12.9. The van der Waals surface area contributed by atoms with Gasteiger partial charge in [0.1, 0.15) is 12.1 Å². The van der Waals surface area contributed by atoms with E-state index in [0.717, 1.165) is 24.0 Å². The molecular weight excluding hydrogens is 448 g/mol. The number of nitrogens with one attached hydrogen (secondary N) is 1. The van der Waals surface area contributed by atoms with Crippen LogP contribution in [0.15, 0.2) is 36.5 Å². The molecule has 0 radical (unpaired) electrons. The second-order valence-electron chi connectivity index (χ2n) is 8.58. The minimum Gasteiger partial charge on any atom is -0.493 e. The van der Waals surface area contributed by atoms with Crippen molar-refractivity contribution in [1.82, 2.24) is 10.3 Å². The number of benzene rings is 1. The van der Waals surface area contributed by atoms with Crippen molar-refractivity contribution in [2.45, 2.75) is 72.4 Å². The van der Waals surface area contributed by atoms with Gasteiger partial charge < -0.3 is 19.5 Å². The van der Waals surface area contributed by atoms with Gasteiger partial charge in [-0.1, -0.05) is 51.0 Å². The largest absolute Gasteiger partial charge is 0.493 e. The van der Waals surface area contributed by atoms with Crippen LogP contribution in [0, 0.1) is 12.8 Å². The first-order valence-corrected chi connectivity index (χ1v) is 11.9. The Labute approximate surface area is 207 Å². The monoisotopic (exact) mass is 484 g/mol. The molecule has 3 atom stereocenters. The number of hydrogen-bond donors (Lipinski definition) is 1. The molecule has 1 heterocycles. The number of ether oxygens (including phenoxy) is 3. The van der Waals surface area contributed by atoms with Crippen molar-refractivity contribution >= 4 is 17.8 Å². The number of amides is 1. The highest BCUT2D eigenvalue weighted by Gasteiger charge is 2.32. The first-order chi connectivity index (χ1) is 16.6. The second-order valence-corrected chi connectivity index (χ2v) is 8.58. The van der Waals surface area contributed by atoms with E-state index in [1.165, 1.54) is 26.3 Å². The van der Waals surface area contributed by atoms with Crippen molar-refractivity contribution in [3.8, 4) is 11.5 Å². The van der Waals surface area contributed by atoms with E-state index in [1.807, 2.05) is 19.1 Å². The topological polar surface area (TPSA) is 104 Å². The Hall–Kier alpha value is -3.42. The third-order valence-electron chi connectivity index (χ3n) is 6.16. The summed E-state index contributed by atoms with van der Waals surface area (Å²) >= 11 is 0. The van der Waals surface area contributed by atoms with Crippen LogP contribution in [0.4, 0.5) is 0 Å². The highest BCUT2D eigenvalue weighted by atomic mass is 16.6. The van der Waals surface area contributed by atoms with Crippen molar-refractivity contribution in [1.29, 1.82) is 0 Å². The normalized spacial score (nSPS) is 13.5. The lowest BCUT2D eigenvalue weighted by atomic mass is 9.78. The van der Waals surface area contributed by atoms with E-state index >= 15 is 0 Å². The maximum Gasteiger partial charge on any atom is 0.328 e. The highest BCUT2D eigenvalue weighted by Crippen LogP contribution is 2.36. The first kappa shape index (κ1) is 27.8. The maximum absolute atomic E-state index is 13.0. The Balaban J connectivity index is 2.20. The standard InChI is InChI=1S/C27H36N2O6/c1-8-20(9-2)23(21-13-11-10-12-16(21)3)18(5)34-27(32)17(4)29-26(31)24-25(35-19(6)30)22(33-7)14-15-28-24/h10-15,17-18,20,23H,8-9H2,1-7H3,(H,29,31)/t17-,18-,23-/m0/s1. The van der Waals surface area contributed by atoms with E-state index < -0.39 is 30.0 Å². The summed E-state index contributed by atoms with van der Waals surface area (Å²) in [5.41, 5.74) is 2.14. The van der Waals surface area contributed by atoms with Crippen LogP contribution in [-0.4, -0.2) is 42.1 Å². The Morgan fingerprint density at radius 3 is 2.29 bits per heavy atom. The van der Waals surface area contributed by atoms with Crippen LogP contribution in [0.25, 0.3) is 0 Å². The summed E-state index contributed by atoms with van der Waals surface area (Å²) in [6.45, 7) is 11.0. The number of pyridine rings is 1. The Morgan fingerprint density at radius 2 is 1.71 bits per heavy atom. The van der Waals surface area contributed by atoms with Crippen LogP contribution in [-0.2, 0) is 14.3 Å². The highest BCUT2D eigenvalue weighted by molar-refractivity contribution is 5.98. The molecule has 8 nitrogen and oxygen atoms in total. The van der Waals surface area contributed by atoms with Crippen LogP contribution < -0.4 is 14.8 Å². The predicted molar refractivity (Wildman–Crippen MR) is 133 cm³/mol. The number of methoxy groups -OCH3 is 1. The summed E-state index contributed by atoms with van der Waals surface area (Å²) < 4.78 is 16.2. The molecular formula is C27H36N2O6. The van der Waals surface area contributed by atoms with Gasteiger partial charge in [0.25, 0.3) is 5.91 Å². The summed E-state index contributed by atoms with van der Waals surface area (Å²) in [5.74, 6) is -1.46. The van der Waals surface area contributed by atoms with Gasteiger partial charge in [-0.15, -0.1) is 0 Å². The third-order valence-corrected chi connectivity index (χ3v) is 6.16. The summed E-state index contributed by atoms with van der Waals surface area (Å²) in [7, 11) is 1.39. The number of nitrogens with zero attached hydrogens (tertiary/aromatic N) is 1. The summed E-state index contributed by atoms with van der Waals surface area (Å²) in [4.78, 5) is 41.4. The van der Waals surface area contributed by atoms with Gasteiger partial charge in [0.05, 0.1) is 7.11 Å². The first-order valence-electron chi connectivity index (χ1n) is 11.9. The fourth-order valence-electron chi connectivity index (χ4n) is 4.33. The van der Waals surface area contributed by atoms with Crippen LogP contribution >= 0.6 is 0 Å². The molecule has 1 aromatic carbocycles. The van der Waals surface area contributed by atoms with Crippen molar-refractivity contribution in [3.63, 3.8) is 0 Å². The molecule has 2 rings (SSSR count). The molecule has 0 aliphatic rings. The zero-order valence-electron chi connectivity index (χ0n) is 21.6. The molecule has 0 fully saturated rings. The van der Waals surface area contributed by atoms with Gasteiger partial charge in [-0.05, 0) is 37.8 Å². The van der Waals surface area contributed by atoms with Crippen LogP contribution in [0.1, 0.15) is 75.0 Å². The molecule has 0 aliphatic heterocycles. The summed E-state index contributed by atoms with van der Waals surface area (Å²) in [6, 6.07) is 8.65. The van der Waals surface area contributed by atoms with E-state index in [2.05, 4.69) is 43.2 Å². The minimum atomic E-state index is -0.956. The quantitative estimate of drug-likeness (QED) is 0.465. The number of aromatic nitrogens is 1. The molecule has 2 aromatic rings. The van der Waals surface area contributed by atoms with Gasteiger partial charge in [-0.3, -0.25) is 9.59 Å². The van der Waals surface area contributed by atoms with Crippen molar-refractivity contribution in [2.75, 3.05) is 7.11 Å². The van der Waals surface area contributed by atoms with Gasteiger partial charge in [-0.25, -0.2) is 9.78 Å². The van der Waals surface area contributed by atoms with E-state index in [-0.39, 0.29) is 23.1 Å². The lowest BCUT2D eigenvalue weighted by Crippen LogP contribution is -2.42. The van der Waals surface area contributed by atoms with Crippen LogP contribution in [0.3, 0.4) is 0 Å². The van der Waals surface area contributed by atoms with E-state index in [1.54, 1.807) is 6.92 Å². The van der Waals surface area contributed by atoms with E-state index in [9.17, 15) is 14.4 Å². The fraction of sp³-hybridized carbons (Fsp3) is 0.481. The van der Waals surface area contributed by atoms with Crippen LogP contribution in [0.2, 0.25) is 0 Å². The van der Waals surface area contributed by atoms with Crippen LogP contribution in [0.5, 0.6) is 11.5 Å². The lowest BCUT2D eigenvalue weighted by Gasteiger charge is -2.32. The molecule has 0 saturated carbocycles. The SMILES string of the molecule is CCC(CC)[C@@H](c1ccccc1C)[C@H](C)OC(=O)[C@H](C)NC(=O)c1nccc(OC)c1OC(C)=O. The third kappa shape index (κ3) is 7.04. The molecule has 0 aliphatic carbocycles. The molecule has 0 spiro atoms. The van der Waals surface area contributed by atoms with Gasteiger partial charge >= 0.3 is 11.9 Å². The summed E-state index contributed by atoms with van der Waals surface area (Å²) in [6.07, 6.45) is 2.85. The molecule has 8 heteroatoms. The zero-order valence-corrected chi connectivity index (χ0v) is 21.6. The fourth-order valence-corrected chi connectivity index (χ4v) is 4.33. The average Bonchev–Trinajstić information content (AvgIpc) is 2.82. The Morgan fingerprint density at radius 1 is 1.06 bits per heavy atom. The predicted octanol–water partition coefficient (Wildman–Crippen LogP) is 4.59. The number of carbonyl (C=O) groups is 3. The number of esters is 2. The maximum atomic E-state index is 13.0. The van der Waals surface area contributed by atoms with Crippen molar-refractivity contribution < 1.29 is 28.6 Å². The summed E-state index contributed by atoms with van der Waals surface area (Å²) in [5, 5.41) is 2.59. The Kier molecular flexibility index (Phi) is 10.2. The molecule has 0 saturated heterocycles. The minimum absolute atomic E-state index is 0.0219. The molecule has 1 aromatic heterocycles. The molecule has 1 amide bonds. The van der Waals surface area contributed by atoms with Gasteiger partial charge in [-0.2, -0.15) is 0 Å².